The van der Waals surface area contributed by atoms with Gasteiger partial charge in [0.1, 0.15) is 17.4 Å². The number of hydrogen-bond acceptors (Lipinski definition) is 2. The van der Waals surface area contributed by atoms with Gasteiger partial charge in [-0.05, 0) is 19.1 Å². The molecule has 0 aromatic heterocycles. The molecule has 0 spiro atoms. The second-order valence-electron chi connectivity index (χ2n) is 4.62. The highest BCUT2D eigenvalue weighted by Crippen LogP contribution is 2.45. The maximum atomic E-state index is 11.1. The molecule has 1 aromatic rings. The fraction of sp³-hybridized carbons (Fsp3) is 0.417. The maximum absolute atomic E-state index is 11.1. The minimum absolute atomic E-state index is 0.0564. The number of rotatable bonds is 1. The molecule has 1 N–H and O–H groups in total. The lowest BCUT2D eigenvalue weighted by atomic mass is 9.81. The molecule has 1 aliphatic heterocycles. The van der Waals surface area contributed by atoms with E-state index >= 15 is 0 Å². The quantitative estimate of drug-likeness (QED) is 0.821. The second kappa shape index (κ2) is 3.39. The largest absolute Gasteiger partial charge is 0.489 e. The molecule has 16 heavy (non-hydrogen) atoms. The molecule has 86 valence electrons. The smallest absolute Gasteiger partial charge is 0.339 e. The van der Waals surface area contributed by atoms with Gasteiger partial charge in [-0.15, -0.1) is 0 Å². The summed E-state index contributed by atoms with van der Waals surface area (Å²) in [5, 5.41) is 9.52. The van der Waals surface area contributed by atoms with Gasteiger partial charge in [0, 0.05) is 16.0 Å². The van der Waals surface area contributed by atoms with Crippen LogP contribution >= 0.6 is 11.6 Å². The van der Waals surface area contributed by atoms with Gasteiger partial charge < -0.3 is 9.84 Å². The molecule has 0 aliphatic carbocycles. The first-order valence-electron chi connectivity index (χ1n) is 5.08. The molecule has 4 heteroatoms. The summed E-state index contributed by atoms with van der Waals surface area (Å²) in [6.07, 6.45) is -0.0564. The lowest BCUT2D eigenvalue weighted by Gasteiger charge is -2.22. The second-order valence-corrected chi connectivity index (χ2v) is 5.05. The zero-order valence-electron chi connectivity index (χ0n) is 9.37. The Balaban J connectivity index is 2.70. The average molecular weight is 241 g/mol. The number of benzene rings is 1. The van der Waals surface area contributed by atoms with E-state index < -0.39 is 5.97 Å². The number of ether oxygens (including phenoxy) is 1. The third-order valence-corrected chi connectivity index (χ3v) is 3.51. The van der Waals surface area contributed by atoms with Crippen molar-refractivity contribution in [2.75, 3.05) is 0 Å². The first-order chi connectivity index (χ1) is 7.34. The minimum Gasteiger partial charge on any atom is -0.489 e. The van der Waals surface area contributed by atoms with Crippen LogP contribution in [0.3, 0.4) is 0 Å². The molecule has 0 fully saturated rings. The summed E-state index contributed by atoms with van der Waals surface area (Å²) in [4.78, 5) is 11.1. The Bertz CT molecular complexity index is 466. The Labute approximate surface area is 99.0 Å². The molecule has 1 heterocycles. The molecular formula is C12H13ClO3. The molecule has 0 saturated carbocycles. The monoisotopic (exact) mass is 240 g/mol. The van der Waals surface area contributed by atoms with Crippen molar-refractivity contribution in [1.29, 1.82) is 0 Å². The summed E-state index contributed by atoms with van der Waals surface area (Å²) in [5.74, 6) is -0.557. The molecule has 1 unspecified atom stereocenters. The van der Waals surface area contributed by atoms with Crippen molar-refractivity contribution >= 4 is 17.6 Å². The summed E-state index contributed by atoms with van der Waals surface area (Å²) in [6, 6.07) is 3.21. The first-order valence-corrected chi connectivity index (χ1v) is 5.46. The van der Waals surface area contributed by atoms with Gasteiger partial charge in [-0.25, -0.2) is 4.79 Å². The fourth-order valence-electron chi connectivity index (χ4n) is 1.90. The van der Waals surface area contributed by atoms with Crippen LogP contribution < -0.4 is 4.74 Å². The Morgan fingerprint density at radius 2 is 2.12 bits per heavy atom. The number of aromatic carboxylic acids is 1. The molecule has 1 aromatic carbocycles. The SMILES string of the molecule is CC1Oc2c(C(=O)O)cc(Cl)cc2C1(C)C. The molecule has 0 amide bonds. The zero-order valence-corrected chi connectivity index (χ0v) is 10.1. The molecule has 0 radical (unpaired) electrons. The lowest BCUT2D eigenvalue weighted by molar-refractivity contribution is 0.0690. The molecule has 2 rings (SSSR count). The fourth-order valence-corrected chi connectivity index (χ4v) is 2.12. The van der Waals surface area contributed by atoms with Crippen molar-refractivity contribution < 1.29 is 14.6 Å². The van der Waals surface area contributed by atoms with E-state index in [1.165, 1.54) is 6.07 Å². The summed E-state index contributed by atoms with van der Waals surface area (Å²) < 4.78 is 5.63. The van der Waals surface area contributed by atoms with Crippen LogP contribution in [0.4, 0.5) is 0 Å². The highest BCUT2D eigenvalue weighted by molar-refractivity contribution is 6.31. The van der Waals surface area contributed by atoms with E-state index in [0.717, 1.165) is 5.56 Å². The summed E-state index contributed by atoms with van der Waals surface area (Å²) in [6.45, 7) is 5.97. The van der Waals surface area contributed by atoms with Gasteiger partial charge in [0.25, 0.3) is 0 Å². The summed E-state index contributed by atoms with van der Waals surface area (Å²) in [5.41, 5.74) is 0.787. The van der Waals surface area contributed by atoms with Crippen LogP contribution in [0.5, 0.6) is 5.75 Å². The van der Waals surface area contributed by atoms with Crippen LogP contribution in [0.15, 0.2) is 12.1 Å². The van der Waals surface area contributed by atoms with Crippen molar-refractivity contribution in [3.63, 3.8) is 0 Å². The van der Waals surface area contributed by atoms with Gasteiger partial charge in [-0.1, -0.05) is 25.4 Å². The van der Waals surface area contributed by atoms with Gasteiger partial charge >= 0.3 is 5.97 Å². The van der Waals surface area contributed by atoms with Crippen LogP contribution in [-0.2, 0) is 5.41 Å². The van der Waals surface area contributed by atoms with Gasteiger partial charge in [-0.2, -0.15) is 0 Å². The standard InChI is InChI=1S/C12H13ClO3/c1-6-12(2,3)9-5-7(13)4-8(11(14)15)10(9)16-6/h4-6H,1-3H3,(H,14,15). The van der Waals surface area contributed by atoms with E-state index in [4.69, 9.17) is 21.4 Å². The molecule has 1 atom stereocenters. The number of carboxylic acid groups (broad SMARTS) is 1. The number of carboxylic acids is 1. The molecular weight excluding hydrogens is 228 g/mol. The van der Waals surface area contributed by atoms with E-state index in [1.807, 2.05) is 20.8 Å². The zero-order chi connectivity index (χ0) is 12.1. The topological polar surface area (TPSA) is 46.5 Å². The third-order valence-electron chi connectivity index (χ3n) is 3.29. The predicted octanol–water partition coefficient (Wildman–Crippen LogP) is 3.10. The number of carbonyl (C=O) groups is 1. The average Bonchev–Trinajstić information content (AvgIpc) is 2.39. The van der Waals surface area contributed by atoms with Gasteiger partial charge in [0.05, 0.1) is 0 Å². The van der Waals surface area contributed by atoms with E-state index in [-0.39, 0.29) is 17.1 Å². The Morgan fingerprint density at radius 3 is 2.69 bits per heavy atom. The number of halogens is 1. The van der Waals surface area contributed by atoms with Crippen LogP contribution in [0.1, 0.15) is 36.7 Å². The van der Waals surface area contributed by atoms with Crippen molar-refractivity contribution in [1.82, 2.24) is 0 Å². The minimum atomic E-state index is -1.01. The predicted molar refractivity (Wildman–Crippen MR) is 61.5 cm³/mol. The third kappa shape index (κ3) is 1.47. The van der Waals surface area contributed by atoms with Crippen molar-refractivity contribution in [2.24, 2.45) is 0 Å². The van der Waals surface area contributed by atoms with Crippen molar-refractivity contribution in [2.45, 2.75) is 32.3 Å². The van der Waals surface area contributed by atoms with Gasteiger partial charge in [-0.3, -0.25) is 0 Å². The van der Waals surface area contributed by atoms with Gasteiger partial charge in [0.2, 0.25) is 0 Å². The first kappa shape index (κ1) is 11.3. The number of fused-ring (bicyclic) bond motifs is 1. The molecule has 3 nitrogen and oxygen atoms in total. The molecule has 1 aliphatic rings. The van der Waals surface area contributed by atoms with Gasteiger partial charge in [0.15, 0.2) is 0 Å². The van der Waals surface area contributed by atoms with E-state index in [0.29, 0.717) is 10.8 Å². The lowest BCUT2D eigenvalue weighted by Crippen LogP contribution is -2.28. The highest BCUT2D eigenvalue weighted by atomic mass is 35.5. The van der Waals surface area contributed by atoms with Crippen molar-refractivity contribution in [3.05, 3.63) is 28.3 Å². The van der Waals surface area contributed by atoms with E-state index in [2.05, 4.69) is 0 Å². The highest BCUT2D eigenvalue weighted by Gasteiger charge is 2.41. The van der Waals surface area contributed by atoms with Crippen LogP contribution in [0, 0.1) is 0 Å². The van der Waals surface area contributed by atoms with E-state index in [1.54, 1.807) is 6.07 Å². The number of hydrogen-bond donors (Lipinski definition) is 1. The van der Waals surface area contributed by atoms with Crippen LogP contribution in [-0.4, -0.2) is 17.2 Å². The van der Waals surface area contributed by atoms with E-state index in [9.17, 15) is 4.79 Å². The summed E-state index contributed by atoms with van der Waals surface area (Å²) in [7, 11) is 0. The molecule has 0 bridgehead atoms. The van der Waals surface area contributed by atoms with Crippen molar-refractivity contribution in [3.8, 4) is 5.75 Å². The maximum Gasteiger partial charge on any atom is 0.339 e. The van der Waals surface area contributed by atoms with Crippen LogP contribution in [0.2, 0.25) is 5.02 Å². The van der Waals surface area contributed by atoms with Crippen LogP contribution in [0.25, 0.3) is 0 Å². The summed E-state index contributed by atoms with van der Waals surface area (Å²) >= 11 is 5.93. The Kier molecular flexibility index (Phi) is 2.39. The normalized spacial score (nSPS) is 21.4. The Hall–Kier alpha value is -1.22. The Morgan fingerprint density at radius 1 is 1.50 bits per heavy atom. The molecule has 0 saturated heterocycles.